The highest BCUT2D eigenvalue weighted by Crippen LogP contribution is 2.26. The van der Waals surface area contributed by atoms with Gasteiger partial charge >= 0.3 is 5.69 Å². The first-order valence-electron chi connectivity index (χ1n) is 5.68. The van der Waals surface area contributed by atoms with Gasteiger partial charge in [0, 0.05) is 6.42 Å². The molecule has 7 nitrogen and oxygen atoms in total. The van der Waals surface area contributed by atoms with E-state index in [1.165, 1.54) is 6.92 Å². The Bertz CT molecular complexity index is 644. The normalized spacial score (nSPS) is 12.9. The Morgan fingerprint density at radius 2 is 2.10 bits per heavy atom. The number of nitro groups is 1. The minimum Gasteiger partial charge on any atom is -0.298 e. The molecule has 110 valence electrons. The Hall–Kier alpha value is -1.87. The number of para-hydroxylation sites is 1. The van der Waals surface area contributed by atoms with E-state index in [-0.39, 0.29) is 12.2 Å². The third-order valence-electron chi connectivity index (χ3n) is 2.59. The topological polar surface area (TPSA) is 106 Å². The standard InChI is InChI=1S/C11H13FN2O5S/c1-3-9(15)7(2)13-20(18,19)10-6-4-5-8(12)11(10)14(16)17/h4-7,13H,3H2,1-2H3. The van der Waals surface area contributed by atoms with Crippen LogP contribution in [0, 0.1) is 15.9 Å². The Kier molecular flexibility index (Phi) is 4.90. The number of carbonyl (C=O) groups is 1. The zero-order chi connectivity index (χ0) is 15.5. The van der Waals surface area contributed by atoms with Crippen LogP contribution < -0.4 is 4.72 Å². The van der Waals surface area contributed by atoms with Gasteiger partial charge in [-0.3, -0.25) is 14.9 Å². The highest BCUT2D eigenvalue weighted by molar-refractivity contribution is 7.89. The van der Waals surface area contributed by atoms with Crippen LogP contribution in [0.3, 0.4) is 0 Å². The van der Waals surface area contributed by atoms with E-state index in [9.17, 15) is 27.7 Å². The predicted molar refractivity (Wildman–Crippen MR) is 68.1 cm³/mol. The van der Waals surface area contributed by atoms with Gasteiger partial charge in [-0.2, -0.15) is 4.39 Å². The molecule has 1 rings (SSSR count). The number of carbonyl (C=O) groups excluding carboxylic acids is 1. The minimum absolute atomic E-state index is 0.106. The van der Waals surface area contributed by atoms with Gasteiger partial charge in [-0.1, -0.05) is 13.0 Å². The van der Waals surface area contributed by atoms with E-state index in [2.05, 4.69) is 0 Å². The fourth-order valence-electron chi connectivity index (χ4n) is 1.56. The van der Waals surface area contributed by atoms with Gasteiger partial charge in [0.1, 0.15) is 5.78 Å². The third-order valence-corrected chi connectivity index (χ3v) is 4.16. The van der Waals surface area contributed by atoms with Gasteiger partial charge in [0.25, 0.3) is 0 Å². The van der Waals surface area contributed by atoms with E-state index < -0.39 is 37.4 Å². The highest BCUT2D eigenvalue weighted by atomic mass is 32.2. The van der Waals surface area contributed by atoms with Crippen LogP contribution in [0.5, 0.6) is 0 Å². The maximum absolute atomic E-state index is 13.4. The second-order valence-corrected chi connectivity index (χ2v) is 5.69. The van der Waals surface area contributed by atoms with Crippen molar-refractivity contribution in [2.24, 2.45) is 0 Å². The van der Waals surface area contributed by atoms with Gasteiger partial charge in [0.15, 0.2) is 4.90 Å². The van der Waals surface area contributed by atoms with Crippen molar-refractivity contribution in [2.75, 3.05) is 0 Å². The van der Waals surface area contributed by atoms with Crippen molar-refractivity contribution in [3.8, 4) is 0 Å². The molecule has 0 aliphatic rings. The van der Waals surface area contributed by atoms with Crippen molar-refractivity contribution in [3.05, 3.63) is 34.1 Å². The predicted octanol–water partition coefficient (Wildman–Crippen LogP) is 1.38. The van der Waals surface area contributed by atoms with Crippen LogP contribution >= 0.6 is 0 Å². The molecule has 1 aromatic carbocycles. The van der Waals surface area contributed by atoms with Crippen molar-refractivity contribution >= 4 is 21.5 Å². The zero-order valence-corrected chi connectivity index (χ0v) is 11.6. The van der Waals surface area contributed by atoms with Crippen LogP contribution in [-0.4, -0.2) is 25.2 Å². The smallest absolute Gasteiger partial charge is 0.298 e. The number of benzene rings is 1. The summed E-state index contributed by atoms with van der Waals surface area (Å²) in [6.45, 7) is 2.87. The Balaban J connectivity index is 3.27. The van der Waals surface area contributed by atoms with Crippen molar-refractivity contribution in [1.82, 2.24) is 4.72 Å². The summed E-state index contributed by atoms with van der Waals surface area (Å²) < 4.78 is 39.4. The summed E-state index contributed by atoms with van der Waals surface area (Å²) in [6.07, 6.45) is 0.106. The van der Waals surface area contributed by atoms with E-state index in [1.54, 1.807) is 6.92 Å². The fourth-order valence-corrected chi connectivity index (χ4v) is 2.97. The van der Waals surface area contributed by atoms with Gasteiger partial charge in [-0.05, 0) is 19.1 Å². The zero-order valence-electron chi connectivity index (χ0n) is 10.8. The highest BCUT2D eigenvalue weighted by Gasteiger charge is 2.31. The molecule has 1 atom stereocenters. The summed E-state index contributed by atoms with van der Waals surface area (Å²) >= 11 is 0. The Morgan fingerprint density at radius 3 is 2.60 bits per heavy atom. The van der Waals surface area contributed by atoms with Gasteiger partial charge in [-0.15, -0.1) is 0 Å². The van der Waals surface area contributed by atoms with Crippen molar-refractivity contribution < 1.29 is 22.5 Å². The molecular formula is C11H13FN2O5S. The van der Waals surface area contributed by atoms with Crippen LogP contribution in [0.2, 0.25) is 0 Å². The van der Waals surface area contributed by atoms with Crippen LogP contribution in [0.1, 0.15) is 20.3 Å². The van der Waals surface area contributed by atoms with Crippen molar-refractivity contribution in [3.63, 3.8) is 0 Å². The molecule has 1 N–H and O–H groups in total. The number of sulfonamides is 1. The van der Waals surface area contributed by atoms with Crippen molar-refractivity contribution in [2.45, 2.75) is 31.2 Å². The Labute approximate surface area is 115 Å². The number of nitrogens with zero attached hydrogens (tertiary/aromatic N) is 1. The largest absolute Gasteiger partial charge is 0.324 e. The lowest BCUT2D eigenvalue weighted by Crippen LogP contribution is -2.38. The maximum atomic E-state index is 13.4. The summed E-state index contributed by atoms with van der Waals surface area (Å²) in [5.74, 6) is -1.64. The molecule has 0 aliphatic carbocycles. The summed E-state index contributed by atoms with van der Waals surface area (Å²) in [6, 6.07) is 1.70. The van der Waals surface area contributed by atoms with Crippen molar-refractivity contribution in [1.29, 1.82) is 0 Å². The number of nitro benzene ring substituents is 1. The van der Waals surface area contributed by atoms with E-state index in [0.29, 0.717) is 0 Å². The number of Topliss-reactive ketones (excluding diaryl/α,β-unsaturated/α-hetero) is 1. The molecule has 9 heteroatoms. The van der Waals surface area contributed by atoms with Gasteiger partial charge in [0.2, 0.25) is 15.8 Å². The third kappa shape index (κ3) is 3.36. The van der Waals surface area contributed by atoms with E-state index in [4.69, 9.17) is 0 Å². The number of hydrogen-bond donors (Lipinski definition) is 1. The first kappa shape index (κ1) is 16.2. The molecule has 0 bridgehead atoms. The summed E-state index contributed by atoms with van der Waals surface area (Å²) in [5, 5.41) is 10.8. The number of rotatable bonds is 6. The number of ketones is 1. The average molecular weight is 304 g/mol. The average Bonchev–Trinajstić information content (AvgIpc) is 2.36. The first-order chi connectivity index (χ1) is 9.20. The molecule has 0 amide bonds. The molecule has 0 spiro atoms. The molecule has 0 aromatic heterocycles. The van der Waals surface area contributed by atoms with E-state index >= 15 is 0 Å². The molecule has 0 saturated heterocycles. The first-order valence-corrected chi connectivity index (χ1v) is 7.17. The van der Waals surface area contributed by atoms with Crippen LogP contribution in [0.25, 0.3) is 0 Å². The summed E-state index contributed by atoms with van der Waals surface area (Å²) in [7, 11) is -4.37. The second-order valence-electron chi connectivity index (χ2n) is 4.01. The van der Waals surface area contributed by atoms with Gasteiger partial charge < -0.3 is 0 Å². The summed E-state index contributed by atoms with van der Waals surface area (Å²) in [5.41, 5.74) is -1.14. The molecule has 0 fully saturated rings. The lowest BCUT2D eigenvalue weighted by Gasteiger charge is -2.12. The molecule has 1 unspecified atom stereocenters. The molecule has 0 heterocycles. The fraction of sp³-hybridized carbons (Fsp3) is 0.364. The number of halogens is 1. The number of hydrogen-bond acceptors (Lipinski definition) is 5. The molecule has 0 aliphatic heterocycles. The van der Waals surface area contributed by atoms with E-state index in [0.717, 1.165) is 18.2 Å². The van der Waals surface area contributed by atoms with Gasteiger partial charge in [-0.25, -0.2) is 13.1 Å². The molecular weight excluding hydrogens is 291 g/mol. The van der Waals surface area contributed by atoms with Crippen LogP contribution in [0.4, 0.5) is 10.1 Å². The molecule has 1 aromatic rings. The second kappa shape index (κ2) is 6.06. The van der Waals surface area contributed by atoms with Crippen LogP contribution in [-0.2, 0) is 14.8 Å². The molecule has 0 radical (unpaired) electrons. The lowest BCUT2D eigenvalue weighted by atomic mass is 10.2. The minimum atomic E-state index is -4.37. The monoisotopic (exact) mass is 304 g/mol. The van der Waals surface area contributed by atoms with E-state index in [1.807, 2.05) is 4.72 Å². The lowest BCUT2D eigenvalue weighted by molar-refractivity contribution is -0.390. The SMILES string of the molecule is CCC(=O)C(C)NS(=O)(=O)c1cccc(F)c1[N+](=O)[O-]. The van der Waals surface area contributed by atoms with Crippen LogP contribution in [0.15, 0.2) is 23.1 Å². The molecule has 0 saturated carbocycles. The molecule has 20 heavy (non-hydrogen) atoms. The van der Waals surface area contributed by atoms with Gasteiger partial charge in [0.05, 0.1) is 11.0 Å². The quantitative estimate of drug-likeness (QED) is 0.631. The number of nitrogens with one attached hydrogen (secondary N) is 1. The summed E-state index contributed by atoms with van der Waals surface area (Å²) in [4.78, 5) is 20.2. The Morgan fingerprint density at radius 1 is 1.50 bits per heavy atom. The maximum Gasteiger partial charge on any atom is 0.324 e.